The molecule has 0 radical (unpaired) electrons. The van der Waals surface area contributed by atoms with Gasteiger partial charge in [-0.1, -0.05) is 72.8 Å². The molecule has 0 unspecified atom stereocenters. The van der Waals surface area contributed by atoms with Gasteiger partial charge in [0.2, 0.25) is 0 Å². The smallest absolute Gasteiger partial charge is 0.255 e. The van der Waals surface area contributed by atoms with E-state index in [0.29, 0.717) is 0 Å². The monoisotopic (exact) mass is 1770 g/mol. The Labute approximate surface area is 609 Å². The number of pyridine rings is 8. The first-order valence-corrected chi connectivity index (χ1v) is 35.3. The van der Waals surface area contributed by atoms with E-state index >= 15 is 0 Å². The van der Waals surface area contributed by atoms with E-state index in [0.717, 1.165) is 64.3 Å². The van der Waals surface area contributed by atoms with Crippen molar-refractivity contribution in [3.8, 4) is 45.6 Å². The van der Waals surface area contributed by atoms with E-state index in [9.17, 15) is 101 Å². The predicted octanol–water partition coefficient (Wildman–Crippen LogP) is 25.7. The minimum Gasteiger partial charge on any atom is -0.255 e. The maximum atomic E-state index is 9.87. The molecule has 0 aliphatic rings. The number of hydrogen-bond acceptors (Lipinski definition) is 10. The molecule has 0 fully saturated rings. The second-order valence-electron chi connectivity index (χ2n) is 20.6. The van der Waals surface area contributed by atoms with E-state index in [4.69, 9.17) is 25.3 Å². The Morgan fingerprint density at radius 3 is 0.400 bits per heavy atom. The molecule has 10 aromatic rings. The van der Waals surface area contributed by atoms with Crippen molar-refractivity contribution in [3.63, 3.8) is 0 Å². The van der Waals surface area contributed by atoms with Crippen molar-refractivity contribution in [2.75, 3.05) is 42.3 Å². The predicted molar refractivity (Wildman–Crippen MR) is 347 cm³/mol. The standard InChI is InChI=1S/4C10H8N2.2C9H13NS.2Cd.4F6P/c4*1-3-7-11-9(5-1)10-6-2-4-8-12-10;2*1-10(2,3)8-4-6-9(11)7-5-8;;;4*1-7(2,3,4,5)6/h4*1-8H;2*4-7H,1-3H3;;;;;;/q;;;;;;2*+2;4*-1. The van der Waals surface area contributed by atoms with Crippen LogP contribution in [0, 0.1) is 0 Å². The van der Waals surface area contributed by atoms with Gasteiger partial charge in [0.15, 0.2) is 0 Å². The normalized spacial score (nSPS) is 13.7. The van der Waals surface area contributed by atoms with E-state index in [1.165, 1.54) is 11.4 Å². The van der Waals surface area contributed by atoms with Gasteiger partial charge < -0.3 is 25.3 Å². The van der Waals surface area contributed by atoms with Gasteiger partial charge in [0.1, 0.15) is 11.4 Å². The van der Waals surface area contributed by atoms with Gasteiger partial charge in [0, 0.05) is 49.6 Å². The number of hydrogen-bond donors (Lipinski definition) is 0. The average molecular weight is 1760 g/mol. The van der Waals surface area contributed by atoms with Crippen molar-refractivity contribution in [2.45, 2.75) is 9.79 Å². The summed E-state index contributed by atoms with van der Waals surface area (Å²) in [5.74, 6) is 0. The quantitative estimate of drug-likeness (QED) is 0.0526. The first kappa shape index (κ1) is 95.9. The van der Waals surface area contributed by atoms with Crippen molar-refractivity contribution in [2.24, 2.45) is 0 Å². The van der Waals surface area contributed by atoms with Crippen molar-refractivity contribution in [3.05, 3.63) is 244 Å². The Morgan fingerprint density at radius 1 is 0.210 bits per heavy atom. The number of aromatic nitrogens is 8. The summed E-state index contributed by atoms with van der Waals surface area (Å²) < 4.78 is 238. The molecule has 0 spiro atoms. The second-order valence-corrected chi connectivity index (χ2v) is 29.2. The Hall–Kier alpha value is -6.12. The van der Waals surface area contributed by atoms with Crippen molar-refractivity contribution in [1.29, 1.82) is 0 Å². The van der Waals surface area contributed by atoms with E-state index in [1.807, 2.05) is 170 Å². The van der Waals surface area contributed by atoms with Crippen LogP contribution in [0.1, 0.15) is 0 Å². The molecule has 0 aliphatic heterocycles. The zero-order valence-corrected chi connectivity index (χ0v) is 65.9. The third-order valence-corrected chi connectivity index (χ3v) is 10.1. The second kappa shape index (κ2) is 34.9. The van der Waals surface area contributed by atoms with Crippen LogP contribution in [0.5, 0.6) is 0 Å². The van der Waals surface area contributed by atoms with Gasteiger partial charge in [-0.2, -0.15) is 9.79 Å². The van der Waals surface area contributed by atoms with Crippen LogP contribution in [0.3, 0.4) is 0 Å². The molecule has 0 atom stereocenters. The van der Waals surface area contributed by atoms with Gasteiger partial charge in [0.25, 0.3) is 0 Å². The maximum Gasteiger partial charge on any atom is 2.00 e. The average Bonchev–Trinajstić information content (AvgIpc) is 0.805. The van der Waals surface area contributed by atoms with Crippen LogP contribution < -0.4 is 8.97 Å². The SMILES string of the molecule is C[N+](C)(C)c1ccc([S-])cc1.C[N+](C)(C)c1ccc([S-])cc1.F[P-](F)(F)(F)(F)F.F[P-](F)(F)(F)(F)F.F[P-](F)(F)(F)(F)F.F[P-](F)(F)(F)(F)F.[Cd+2].[Cd+2].c1ccc(-c2ccccn2)nc1.c1ccc(-c2ccccn2)nc1.c1ccc(-c2ccccn2)nc1.c1ccc(-c2ccccn2)nc1. The van der Waals surface area contributed by atoms with E-state index in [2.05, 4.69) is 106 Å². The van der Waals surface area contributed by atoms with Crippen LogP contribution in [0.2, 0.25) is 0 Å². The van der Waals surface area contributed by atoms with Crippen molar-refractivity contribution < 1.29 is 155 Å². The van der Waals surface area contributed by atoms with Gasteiger partial charge in [0.05, 0.1) is 87.8 Å². The van der Waals surface area contributed by atoms with Crippen LogP contribution >= 0.6 is 31.2 Å². The molecule has 0 bridgehead atoms. The first-order valence-electron chi connectivity index (χ1n) is 26.4. The zero-order valence-electron chi connectivity index (χ0n) is 52.7. The van der Waals surface area contributed by atoms with Crippen molar-refractivity contribution in [1.82, 2.24) is 48.8 Å². The Balaban J connectivity index is 0. The van der Waals surface area contributed by atoms with E-state index in [1.54, 1.807) is 49.6 Å². The van der Waals surface area contributed by atoms with Gasteiger partial charge >= 0.3 is 187 Å². The number of halogens is 24. The molecule has 8 aromatic heterocycles. The molecule has 2 aromatic carbocycles. The molecule has 544 valence electrons. The third-order valence-electron chi connectivity index (χ3n) is 9.59. The van der Waals surface area contributed by atoms with Gasteiger partial charge in [-0.05, 0) is 121 Å². The molecule has 0 N–H and O–H groups in total. The van der Waals surface area contributed by atoms with Gasteiger partial charge in [-0.25, -0.2) is 0 Å². The Bertz CT molecular complexity index is 3270. The summed E-state index contributed by atoms with van der Waals surface area (Å²) in [6, 6.07) is 62.5. The molecular formula is C58H58Cd2F24N10P4S2. The molecule has 8 heterocycles. The summed E-state index contributed by atoms with van der Waals surface area (Å²) in [5.41, 5.74) is 9.87. The molecule has 10 nitrogen and oxygen atoms in total. The van der Waals surface area contributed by atoms with Crippen LogP contribution in [0.15, 0.2) is 253 Å². The van der Waals surface area contributed by atoms with Gasteiger partial charge in [-0.3, -0.25) is 48.8 Å². The third kappa shape index (κ3) is 67.7. The largest absolute Gasteiger partial charge is 2.00 e. The molecule has 0 saturated heterocycles. The summed E-state index contributed by atoms with van der Waals surface area (Å²) in [6.07, 6.45) is 14.1. The van der Waals surface area contributed by atoms with E-state index in [-0.39, 0.29) is 54.6 Å². The Kier molecular flexibility index (Phi) is 33.5. The topological polar surface area (TPSA) is 103 Å². The fourth-order valence-electron chi connectivity index (χ4n) is 5.90. The molecule has 10 rings (SSSR count). The number of rotatable bonds is 6. The summed E-state index contributed by atoms with van der Waals surface area (Å²) in [5, 5.41) is 0. The van der Waals surface area contributed by atoms with Crippen molar-refractivity contribution >= 4 is 67.9 Å². The van der Waals surface area contributed by atoms with Crippen LogP contribution in [-0.4, -0.2) is 82.2 Å². The minimum absolute atomic E-state index is 0. The van der Waals surface area contributed by atoms with Crippen LogP contribution in [0.4, 0.5) is 112 Å². The first-order chi connectivity index (χ1) is 43.7. The summed E-state index contributed by atoms with van der Waals surface area (Å²) in [4.78, 5) is 35.3. The van der Waals surface area contributed by atoms with E-state index < -0.39 is 31.2 Å². The minimum atomic E-state index is -10.7. The summed E-state index contributed by atoms with van der Waals surface area (Å²) in [6.45, 7) is 0. The fourth-order valence-corrected chi connectivity index (χ4v) is 6.17. The van der Waals surface area contributed by atoms with Gasteiger partial charge in [-0.15, -0.1) is 0 Å². The zero-order chi connectivity index (χ0) is 75.5. The molecule has 42 heteroatoms. The number of benzene rings is 2. The van der Waals surface area contributed by atoms with Crippen LogP contribution in [0.25, 0.3) is 45.6 Å². The Morgan fingerprint density at radius 2 is 0.320 bits per heavy atom. The summed E-state index contributed by atoms with van der Waals surface area (Å²) in [7, 11) is -29.8. The molecular weight excluding hydrogens is 1710 g/mol. The summed E-state index contributed by atoms with van der Waals surface area (Å²) >= 11 is 9.98. The number of nitrogens with zero attached hydrogens (tertiary/aromatic N) is 10. The molecule has 0 aliphatic carbocycles. The fraction of sp³-hybridized carbons (Fsp3) is 0.103. The molecule has 100 heavy (non-hydrogen) atoms. The molecule has 0 saturated carbocycles. The van der Waals surface area contributed by atoms with Crippen LogP contribution in [-0.2, 0) is 79.9 Å². The molecule has 0 amide bonds. The number of quaternary nitrogens is 2. The maximum absolute atomic E-state index is 10.7.